The summed E-state index contributed by atoms with van der Waals surface area (Å²) in [5.41, 5.74) is 2.50. The zero-order valence-electron chi connectivity index (χ0n) is 15.4. The Morgan fingerprint density at radius 2 is 1.77 bits per heavy atom. The van der Waals surface area contributed by atoms with Gasteiger partial charge in [0.1, 0.15) is 17.2 Å². The third-order valence-corrected chi connectivity index (χ3v) is 4.92. The number of likely N-dealkylation sites (tertiary alicyclic amines) is 1. The maximum Gasteiger partial charge on any atom is 0.305 e. The van der Waals surface area contributed by atoms with Gasteiger partial charge in [-0.2, -0.15) is 0 Å². The van der Waals surface area contributed by atoms with Gasteiger partial charge in [0.15, 0.2) is 5.78 Å². The zero-order chi connectivity index (χ0) is 18.8. The molecule has 1 saturated heterocycles. The number of carbonyl (C=O) groups excluding carboxylic acids is 2. The number of esters is 1. The molecule has 1 aromatic rings. The zero-order valence-corrected chi connectivity index (χ0v) is 15.4. The number of rotatable bonds is 5. The molecular formula is C19H24N4O3. The number of para-hydroxylation sites is 2. The minimum absolute atomic E-state index is 0.0375. The lowest BCUT2D eigenvalue weighted by molar-refractivity contribution is -0.140. The van der Waals surface area contributed by atoms with Gasteiger partial charge in [0.2, 0.25) is 0 Å². The van der Waals surface area contributed by atoms with Gasteiger partial charge in [-0.15, -0.1) is 0 Å². The summed E-state index contributed by atoms with van der Waals surface area (Å²) in [4.78, 5) is 29.5. The number of nitrogens with zero attached hydrogens (tertiary/aromatic N) is 3. The van der Waals surface area contributed by atoms with Crippen LogP contribution in [0.2, 0.25) is 0 Å². The quantitative estimate of drug-likeness (QED) is 0.494. The molecule has 0 saturated carbocycles. The van der Waals surface area contributed by atoms with Gasteiger partial charge in [0, 0.05) is 27.1 Å². The molecule has 2 aliphatic heterocycles. The van der Waals surface area contributed by atoms with Crippen LogP contribution in [-0.2, 0) is 14.3 Å². The molecule has 1 aromatic carbocycles. The third kappa shape index (κ3) is 3.05. The Hall–Kier alpha value is -2.83. The molecule has 0 atom stereocenters. The number of carbonyl (C=O) groups is 2. The van der Waals surface area contributed by atoms with Gasteiger partial charge in [-0.3, -0.25) is 15.0 Å². The van der Waals surface area contributed by atoms with Crippen molar-refractivity contribution in [3.05, 3.63) is 35.7 Å². The lowest BCUT2D eigenvalue weighted by atomic mass is 10.2. The monoisotopic (exact) mass is 356 g/mol. The fourth-order valence-electron chi connectivity index (χ4n) is 3.54. The predicted molar refractivity (Wildman–Crippen MR) is 100 cm³/mol. The summed E-state index contributed by atoms with van der Waals surface area (Å²) in [7, 11) is 5.22. The van der Waals surface area contributed by atoms with Crippen LogP contribution in [0.25, 0.3) is 0 Å². The predicted octanol–water partition coefficient (Wildman–Crippen LogP) is 1.99. The minimum atomic E-state index is -0.229. The third-order valence-electron chi connectivity index (χ3n) is 4.92. The normalized spacial score (nSPS) is 16.7. The Kier molecular flexibility index (Phi) is 4.97. The number of hydrogen-bond donors (Lipinski definition) is 1. The summed E-state index contributed by atoms with van der Waals surface area (Å²) in [6.07, 6.45) is 1.78. The Balaban J connectivity index is 1.75. The molecule has 0 aliphatic carbocycles. The second kappa shape index (κ2) is 7.19. The number of hydrogen-bond acceptors (Lipinski definition) is 6. The van der Waals surface area contributed by atoms with Crippen molar-refractivity contribution in [1.29, 1.82) is 5.41 Å². The van der Waals surface area contributed by atoms with Crippen molar-refractivity contribution in [2.45, 2.75) is 19.3 Å². The van der Waals surface area contributed by atoms with Crippen molar-refractivity contribution in [3.8, 4) is 0 Å². The summed E-state index contributed by atoms with van der Waals surface area (Å²) in [5, 5.41) is 8.50. The molecule has 2 aliphatic rings. The molecule has 1 N–H and O–H groups in total. The highest BCUT2D eigenvalue weighted by molar-refractivity contribution is 6.27. The van der Waals surface area contributed by atoms with Gasteiger partial charge >= 0.3 is 5.97 Å². The molecule has 0 radical (unpaired) electrons. The smallest absolute Gasteiger partial charge is 0.305 e. The summed E-state index contributed by atoms with van der Waals surface area (Å²) in [6, 6.07) is 7.94. The fraction of sp³-hybridized carbons (Fsp3) is 0.421. The van der Waals surface area contributed by atoms with Crippen LogP contribution in [0.15, 0.2) is 35.7 Å². The van der Waals surface area contributed by atoms with E-state index in [4.69, 9.17) is 5.41 Å². The van der Waals surface area contributed by atoms with Gasteiger partial charge < -0.3 is 19.4 Å². The van der Waals surface area contributed by atoms with Crippen LogP contribution in [0.3, 0.4) is 0 Å². The number of Topliss-reactive ketones (excluding diaryl/α,β-unsaturated/α-hetero) is 1. The lowest BCUT2D eigenvalue weighted by Crippen LogP contribution is -2.29. The Bertz CT molecular complexity index is 756. The van der Waals surface area contributed by atoms with E-state index in [2.05, 4.69) is 4.74 Å². The number of benzene rings is 1. The molecule has 0 bridgehead atoms. The van der Waals surface area contributed by atoms with Crippen molar-refractivity contribution in [3.63, 3.8) is 0 Å². The summed E-state index contributed by atoms with van der Waals surface area (Å²) >= 11 is 0. The number of amidine groups is 1. The highest BCUT2D eigenvalue weighted by Crippen LogP contribution is 2.41. The molecule has 2 heterocycles. The van der Waals surface area contributed by atoms with Crippen LogP contribution in [0.1, 0.15) is 19.3 Å². The molecule has 0 spiro atoms. The van der Waals surface area contributed by atoms with E-state index in [1.807, 2.05) is 48.2 Å². The molecule has 3 rings (SSSR count). The Labute approximate surface area is 153 Å². The van der Waals surface area contributed by atoms with E-state index < -0.39 is 0 Å². The van der Waals surface area contributed by atoms with Crippen LogP contribution in [0.4, 0.5) is 11.4 Å². The van der Waals surface area contributed by atoms with Gasteiger partial charge in [-0.05, 0) is 25.0 Å². The molecule has 138 valence electrons. The average molecular weight is 356 g/mol. The average Bonchev–Trinajstić information content (AvgIpc) is 3.05. The van der Waals surface area contributed by atoms with Gasteiger partial charge in [0.25, 0.3) is 0 Å². The van der Waals surface area contributed by atoms with Crippen LogP contribution >= 0.6 is 0 Å². The van der Waals surface area contributed by atoms with Crippen molar-refractivity contribution < 1.29 is 14.3 Å². The Morgan fingerprint density at radius 1 is 1.15 bits per heavy atom. The van der Waals surface area contributed by atoms with Crippen LogP contribution < -0.4 is 9.80 Å². The van der Waals surface area contributed by atoms with Crippen molar-refractivity contribution in [1.82, 2.24) is 4.90 Å². The maximum atomic E-state index is 12.6. The topological polar surface area (TPSA) is 76.9 Å². The van der Waals surface area contributed by atoms with E-state index in [0.717, 1.165) is 23.6 Å². The second-order valence-corrected chi connectivity index (χ2v) is 6.53. The van der Waals surface area contributed by atoms with E-state index in [9.17, 15) is 9.59 Å². The van der Waals surface area contributed by atoms with Crippen molar-refractivity contribution >= 4 is 29.0 Å². The molecule has 0 unspecified atom stereocenters. The molecule has 7 nitrogen and oxygen atoms in total. The van der Waals surface area contributed by atoms with E-state index >= 15 is 0 Å². The summed E-state index contributed by atoms with van der Waals surface area (Å²) in [6.45, 7) is 0.798. The van der Waals surface area contributed by atoms with Crippen LogP contribution in [0, 0.1) is 5.41 Å². The summed E-state index contributed by atoms with van der Waals surface area (Å²) in [5.74, 6) is 0.740. The molecule has 1 fully saturated rings. The number of unbranched alkanes of at least 4 members (excludes halogenated alkanes) is 1. The number of ether oxygens (including phenoxy) is 1. The highest BCUT2D eigenvalue weighted by atomic mass is 16.5. The molecule has 0 amide bonds. The molecule has 26 heavy (non-hydrogen) atoms. The first-order valence-electron chi connectivity index (χ1n) is 8.70. The van der Waals surface area contributed by atoms with Crippen molar-refractivity contribution in [2.24, 2.45) is 0 Å². The van der Waals surface area contributed by atoms with Crippen LogP contribution in [-0.4, -0.2) is 56.8 Å². The number of fused-ring (bicyclic) bond motifs is 1. The Morgan fingerprint density at radius 3 is 2.35 bits per heavy atom. The molecular weight excluding hydrogens is 332 g/mol. The number of anilines is 2. The first-order valence-corrected chi connectivity index (χ1v) is 8.70. The van der Waals surface area contributed by atoms with Crippen molar-refractivity contribution in [2.75, 3.05) is 44.1 Å². The standard InChI is InChI=1S/C19H24N4O3/c1-21-13-8-4-5-9-14(13)22(2)19(21)17-15(24)12-23(18(17)20)11-7-6-10-16(25)26-3/h4-5,8-9,20H,6-7,10-12H2,1-3H3. The minimum Gasteiger partial charge on any atom is -0.469 e. The number of methoxy groups -OCH3 is 1. The SMILES string of the molecule is COC(=O)CCCCN1CC(=O)C(=C2N(C)c3ccccc3N2C)C1=N. The van der Waals surface area contributed by atoms with E-state index in [1.165, 1.54) is 7.11 Å². The first kappa shape index (κ1) is 18.0. The maximum absolute atomic E-state index is 12.6. The van der Waals surface area contributed by atoms with Crippen LogP contribution in [0.5, 0.6) is 0 Å². The highest BCUT2D eigenvalue weighted by Gasteiger charge is 2.38. The number of ketones is 1. The first-order chi connectivity index (χ1) is 12.5. The lowest BCUT2D eigenvalue weighted by Gasteiger charge is -2.22. The van der Waals surface area contributed by atoms with E-state index in [0.29, 0.717) is 25.0 Å². The van der Waals surface area contributed by atoms with Gasteiger partial charge in [-0.25, -0.2) is 0 Å². The fourth-order valence-corrected chi connectivity index (χ4v) is 3.54. The molecule has 0 aromatic heterocycles. The van der Waals surface area contributed by atoms with E-state index in [1.54, 1.807) is 4.90 Å². The second-order valence-electron chi connectivity index (χ2n) is 6.53. The van der Waals surface area contributed by atoms with E-state index in [-0.39, 0.29) is 24.1 Å². The van der Waals surface area contributed by atoms with Gasteiger partial charge in [0.05, 0.1) is 25.0 Å². The summed E-state index contributed by atoms with van der Waals surface area (Å²) < 4.78 is 4.63. The largest absolute Gasteiger partial charge is 0.469 e. The van der Waals surface area contributed by atoms with Gasteiger partial charge in [-0.1, -0.05) is 12.1 Å². The molecule has 7 heteroatoms. The number of nitrogens with one attached hydrogen (secondary N) is 1.